The molecule has 1 aliphatic carbocycles. The Bertz CT molecular complexity index is 483. The Balaban J connectivity index is 2.42. The predicted molar refractivity (Wildman–Crippen MR) is 106 cm³/mol. The number of aliphatic hydroxyl groups is 2. The van der Waals surface area contributed by atoms with Crippen molar-refractivity contribution < 1.29 is 24.5 Å². The molecule has 0 aromatic carbocycles. The van der Waals surface area contributed by atoms with E-state index in [1.807, 2.05) is 19.1 Å². The van der Waals surface area contributed by atoms with Gasteiger partial charge in [0.05, 0.1) is 18.8 Å². The van der Waals surface area contributed by atoms with Gasteiger partial charge in [-0.25, -0.2) is 0 Å². The summed E-state index contributed by atoms with van der Waals surface area (Å²) in [5, 5.41) is 20.6. The lowest BCUT2D eigenvalue weighted by Gasteiger charge is -2.22. The second-order valence-corrected chi connectivity index (χ2v) is 8.18. The monoisotopic (exact) mass is 382 g/mol. The van der Waals surface area contributed by atoms with Gasteiger partial charge in [-0.1, -0.05) is 51.2 Å². The third-order valence-electron chi connectivity index (χ3n) is 5.59. The fourth-order valence-electron chi connectivity index (χ4n) is 3.82. The molecule has 0 heterocycles. The molecule has 5 nitrogen and oxygen atoms in total. The summed E-state index contributed by atoms with van der Waals surface area (Å²) in [4.78, 5) is 23.3. The van der Waals surface area contributed by atoms with Crippen LogP contribution in [0.5, 0.6) is 0 Å². The van der Waals surface area contributed by atoms with Gasteiger partial charge in [0.25, 0.3) is 0 Å². The largest absolute Gasteiger partial charge is 0.469 e. The molecule has 5 heteroatoms. The minimum Gasteiger partial charge on any atom is -0.469 e. The van der Waals surface area contributed by atoms with Gasteiger partial charge < -0.3 is 14.9 Å². The SMILES string of the molecule is CCCC[C@@](C)(O)C/C=C/[C@H]1[C@H](O)CC(=O)[C@H]1CCCCCCC(=O)OC. The highest BCUT2D eigenvalue weighted by molar-refractivity contribution is 5.84. The van der Waals surface area contributed by atoms with Crippen molar-refractivity contribution in [1.29, 1.82) is 0 Å². The first-order valence-corrected chi connectivity index (χ1v) is 10.5. The zero-order chi connectivity index (χ0) is 20.3. The van der Waals surface area contributed by atoms with Crippen LogP contribution in [0.3, 0.4) is 0 Å². The van der Waals surface area contributed by atoms with E-state index in [9.17, 15) is 19.8 Å². The topological polar surface area (TPSA) is 83.8 Å². The van der Waals surface area contributed by atoms with Gasteiger partial charge in [0.15, 0.2) is 0 Å². The maximum Gasteiger partial charge on any atom is 0.305 e. The second-order valence-electron chi connectivity index (χ2n) is 8.18. The molecule has 27 heavy (non-hydrogen) atoms. The Morgan fingerprint density at radius 1 is 1.26 bits per heavy atom. The molecule has 1 fully saturated rings. The molecule has 0 spiro atoms. The molecule has 0 amide bonds. The van der Waals surface area contributed by atoms with Crippen LogP contribution in [0.1, 0.15) is 84.5 Å². The number of rotatable bonds is 13. The van der Waals surface area contributed by atoms with Crippen LogP contribution in [0.15, 0.2) is 12.2 Å². The van der Waals surface area contributed by atoms with Gasteiger partial charge in [-0.05, 0) is 32.6 Å². The van der Waals surface area contributed by atoms with Crippen LogP contribution in [0, 0.1) is 11.8 Å². The van der Waals surface area contributed by atoms with Gasteiger partial charge in [-0.3, -0.25) is 9.59 Å². The van der Waals surface area contributed by atoms with E-state index in [1.54, 1.807) is 0 Å². The number of ether oxygens (including phenoxy) is 1. The van der Waals surface area contributed by atoms with Crippen LogP contribution in [-0.4, -0.2) is 40.8 Å². The number of ketones is 1. The summed E-state index contributed by atoms with van der Waals surface area (Å²) in [7, 11) is 1.40. The van der Waals surface area contributed by atoms with Crippen molar-refractivity contribution in [3.8, 4) is 0 Å². The Labute approximate surface area is 164 Å². The molecular formula is C22H38O5. The molecule has 0 radical (unpaired) electrons. The van der Waals surface area contributed by atoms with E-state index in [-0.39, 0.29) is 30.0 Å². The molecule has 2 N–H and O–H groups in total. The van der Waals surface area contributed by atoms with Crippen molar-refractivity contribution in [3.63, 3.8) is 0 Å². The third kappa shape index (κ3) is 9.02. The highest BCUT2D eigenvalue weighted by Gasteiger charge is 2.39. The average molecular weight is 383 g/mol. The van der Waals surface area contributed by atoms with E-state index in [4.69, 9.17) is 0 Å². The molecule has 0 saturated heterocycles. The first-order valence-electron chi connectivity index (χ1n) is 10.5. The summed E-state index contributed by atoms with van der Waals surface area (Å²) in [5.41, 5.74) is -0.727. The van der Waals surface area contributed by atoms with E-state index < -0.39 is 11.7 Å². The third-order valence-corrected chi connectivity index (χ3v) is 5.59. The first kappa shape index (κ1) is 23.8. The molecule has 0 unspecified atom stereocenters. The fourth-order valence-corrected chi connectivity index (χ4v) is 3.82. The molecular weight excluding hydrogens is 344 g/mol. The molecule has 1 rings (SSSR count). The molecule has 156 valence electrons. The summed E-state index contributed by atoms with van der Waals surface area (Å²) in [6.45, 7) is 3.95. The second kappa shape index (κ2) is 12.3. The molecule has 0 aliphatic heterocycles. The summed E-state index contributed by atoms with van der Waals surface area (Å²) < 4.78 is 4.62. The van der Waals surface area contributed by atoms with Gasteiger partial charge in [0.1, 0.15) is 5.78 Å². The van der Waals surface area contributed by atoms with Crippen molar-refractivity contribution in [3.05, 3.63) is 12.2 Å². The number of Topliss-reactive ketones (excluding diaryl/α,β-unsaturated/α-hetero) is 1. The van der Waals surface area contributed by atoms with E-state index >= 15 is 0 Å². The Morgan fingerprint density at radius 2 is 1.96 bits per heavy atom. The van der Waals surface area contributed by atoms with Gasteiger partial charge >= 0.3 is 5.97 Å². The van der Waals surface area contributed by atoms with Crippen LogP contribution >= 0.6 is 0 Å². The normalized spacial score (nSPS) is 25.1. The minimum atomic E-state index is -0.727. The van der Waals surface area contributed by atoms with Crippen LogP contribution in [0.2, 0.25) is 0 Å². The minimum absolute atomic E-state index is 0.127. The van der Waals surface area contributed by atoms with Gasteiger partial charge in [-0.15, -0.1) is 0 Å². The fraction of sp³-hybridized carbons (Fsp3) is 0.818. The van der Waals surface area contributed by atoms with Crippen molar-refractivity contribution in [1.82, 2.24) is 0 Å². The van der Waals surface area contributed by atoms with E-state index in [0.29, 0.717) is 12.8 Å². The lowest BCUT2D eigenvalue weighted by Crippen LogP contribution is -2.23. The van der Waals surface area contributed by atoms with Gasteiger partial charge in [0.2, 0.25) is 0 Å². The lowest BCUT2D eigenvalue weighted by molar-refractivity contribution is -0.140. The smallest absolute Gasteiger partial charge is 0.305 e. The zero-order valence-electron chi connectivity index (χ0n) is 17.3. The van der Waals surface area contributed by atoms with Crippen LogP contribution in [0.4, 0.5) is 0 Å². The van der Waals surface area contributed by atoms with E-state index in [1.165, 1.54) is 7.11 Å². The van der Waals surface area contributed by atoms with E-state index in [0.717, 1.165) is 51.4 Å². The van der Waals surface area contributed by atoms with Crippen molar-refractivity contribution in [2.45, 2.75) is 96.2 Å². The standard InChI is InChI=1S/C22H38O5/c1-4-5-14-22(2,26)15-10-12-18-17(19(23)16-20(18)24)11-8-6-7-9-13-21(25)27-3/h10,12,17-18,20,24,26H,4-9,11,13-16H2,1-3H3/b12-10+/t17-,18+,20+,22+/m0/s1. The summed E-state index contributed by atoms with van der Waals surface area (Å²) in [6, 6.07) is 0. The van der Waals surface area contributed by atoms with Gasteiger partial charge in [0, 0.05) is 24.7 Å². The van der Waals surface area contributed by atoms with Gasteiger partial charge in [-0.2, -0.15) is 0 Å². The maximum atomic E-state index is 12.2. The molecule has 0 aromatic heterocycles. The summed E-state index contributed by atoms with van der Waals surface area (Å²) >= 11 is 0. The Morgan fingerprint density at radius 3 is 2.63 bits per heavy atom. The number of unbranched alkanes of at least 4 members (excludes halogenated alkanes) is 4. The number of methoxy groups -OCH3 is 1. The molecule has 0 aromatic rings. The Kier molecular flexibility index (Phi) is 10.9. The number of esters is 1. The molecule has 4 atom stereocenters. The molecule has 1 aliphatic rings. The summed E-state index contributed by atoms with van der Waals surface area (Å²) in [6.07, 6.45) is 11.7. The Hall–Kier alpha value is -1.20. The lowest BCUT2D eigenvalue weighted by atomic mass is 9.87. The number of carbonyl (C=O) groups excluding carboxylic acids is 2. The predicted octanol–water partition coefficient (Wildman–Crippen LogP) is 3.95. The quantitative estimate of drug-likeness (QED) is 0.286. The summed E-state index contributed by atoms with van der Waals surface area (Å²) in [5.74, 6) is -0.305. The van der Waals surface area contributed by atoms with Crippen LogP contribution in [-0.2, 0) is 14.3 Å². The average Bonchev–Trinajstić information content (AvgIpc) is 2.89. The first-order chi connectivity index (χ1) is 12.8. The van der Waals surface area contributed by atoms with Crippen LogP contribution < -0.4 is 0 Å². The van der Waals surface area contributed by atoms with Crippen LogP contribution in [0.25, 0.3) is 0 Å². The van der Waals surface area contributed by atoms with E-state index in [2.05, 4.69) is 11.7 Å². The number of hydrogen-bond donors (Lipinski definition) is 2. The highest BCUT2D eigenvalue weighted by Crippen LogP contribution is 2.34. The molecule has 0 bridgehead atoms. The molecule has 1 saturated carbocycles. The zero-order valence-corrected chi connectivity index (χ0v) is 17.3. The van der Waals surface area contributed by atoms with Crippen molar-refractivity contribution in [2.75, 3.05) is 7.11 Å². The van der Waals surface area contributed by atoms with Crippen molar-refractivity contribution >= 4 is 11.8 Å². The van der Waals surface area contributed by atoms with Crippen molar-refractivity contribution in [2.24, 2.45) is 11.8 Å². The number of hydrogen-bond acceptors (Lipinski definition) is 5. The number of carbonyl (C=O) groups is 2. The highest BCUT2D eigenvalue weighted by atomic mass is 16.5. The number of aliphatic hydroxyl groups excluding tert-OH is 1. The maximum absolute atomic E-state index is 12.2.